The number of aromatic nitrogens is 2. The van der Waals surface area contributed by atoms with Crippen LogP contribution in [0.25, 0.3) is 11.3 Å². The molecule has 1 heterocycles. The van der Waals surface area contributed by atoms with Crippen molar-refractivity contribution in [1.29, 1.82) is 0 Å². The van der Waals surface area contributed by atoms with Crippen molar-refractivity contribution in [1.82, 2.24) is 10.2 Å². The summed E-state index contributed by atoms with van der Waals surface area (Å²) >= 11 is 10.6. The van der Waals surface area contributed by atoms with E-state index < -0.39 is 5.56 Å². The van der Waals surface area contributed by atoms with E-state index in [1.165, 1.54) is 0 Å². The van der Waals surface area contributed by atoms with Crippen molar-refractivity contribution in [2.45, 2.75) is 0 Å². The summed E-state index contributed by atoms with van der Waals surface area (Å²) in [4.78, 5) is 11.4. The standard InChI is InChI=1S/C11H8ClN3OS/c12-7-3-1-6(2-4-7)9-5-8(10(13)17)11(16)15-14-9/h1-5H,(H2,13,17)(H,15,16). The molecule has 0 aliphatic carbocycles. The lowest BCUT2D eigenvalue weighted by Crippen LogP contribution is -2.23. The van der Waals surface area contributed by atoms with Crippen LogP contribution in [0.2, 0.25) is 5.02 Å². The quantitative estimate of drug-likeness (QED) is 0.811. The number of hydrogen-bond donors (Lipinski definition) is 2. The molecule has 0 fully saturated rings. The van der Waals surface area contributed by atoms with E-state index in [-0.39, 0.29) is 10.6 Å². The average molecular weight is 266 g/mol. The molecule has 0 radical (unpaired) electrons. The predicted octanol–water partition coefficient (Wildman–Crippen LogP) is 1.72. The number of nitrogens with zero attached hydrogens (tertiary/aromatic N) is 1. The zero-order valence-electron chi connectivity index (χ0n) is 8.61. The first-order chi connectivity index (χ1) is 8.08. The van der Waals surface area contributed by atoms with Crippen LogP contribution in [0.3, 0.4) is 0 Å². The van der Waals surface area contributed by atoms with Gasteiger partial charge in [0.05, 0.1) is 11.3 Å². The highest BCUT2D eigenvalue weighted by atomic mass is 35.5. The van der Waals surface area contributed by atoms with Crippen molar-refractivity contribution in [3.05, 3.63) is 51.3 Å². The van der Waals surface area contributed by atoms with Crippen molar-refractivity contribution in [3.63, 3.8) is 0 Å². The first-order valence-electron chi connectivity index (χ1n) is 4.73. The third-order valence-electron chi connectivity index (χ3n) is 2.21. The molecule has 17 heavy (non-hydrogen) atoms. The summed E-state index contributed by atoms with van der Waals surface area (Å²) in [6.07, 6.45) is 0. The van der Waals surface area contributed by atoms with Crippen molar-refractivity contribution in [2.24, 2.45) is 5.73 Å². The van der Waals surface area contributed by atoms with Gasteiger partial charge in [-0.1, -0.05) is 36.0 Å². The van der Waals surface area contributed by atoms with Crippen molar-refractivity contribution in [3.8, 4) is 11.3 Å². The Morgan fingerprint density at radius 2 is 2.00 bits per heavy atom. The Kier molecular flexibility index (Phi) is 3.21. The topological polar surface area (TPSA) is 71.8 Å². The minimum atomic E-state index is -0.393. The SMILES string of the molecule is NC(=S)c1cc(-c2ccc(Cl)cc2)n[nH]c1=O. The number of rotatable bonds is 2. The second-order valence-corrected chi connectivity index (χ2v) is 4.24. The van der Waals surface area contributed by atoms with E-state index >= 15 is 0 Å². The van der Waals surface area contributed by atoms with E-state index in [1.807, 2.05) is 0 Å². The van der Waals surface area contributed by atoms with Crippen LogP contribution in [-0.2, 0) is 0 Å². The van der Waals surface area contributed by atoms with E-state index in [0.717, 1.165) is 5.56 Å². The molecular formula is C11H8ClN3OS. The number of nitrogens with one attached hydrogen (secondary N) is 1. The lowest BCUT2D eigenvalue weighted by molar-refractivity contribution is 0.990. The molecule has 0 atom stereocenters. The number of H-pyrrole nitrogens is 1. The second kappa shape index (κ2) is 4.65. The molecule has 86 valence electrons. The first kappa shape index (κ1) is 11.8. The number of aromatic amines is 1. The molecule has 2 rings (SSSR count). The van der Waals surface area contributed by atoms with Crippen LogP contribution >= 0.6 is 23.8 Å². The molecular weight excluding hydrogens is 258 g/mol. The summed E-state index contributed by atoms with van der Waals surface area (Å²) in [6, 6.07) is 8.64. The maximum atomic E-state index is 11.4. The summed E-state index contributed by atoms with van der Waals surface area (Å²) in [5, 5.41) is 6.91. The van der Waals surface area contributed by atoms with Gasteiger partial charge in [0.15, 0.2) is 0 Å². The predicted molar refractivity (Wildman–Crippen MR) is 71.2 cm³/mol. The van der Waals surface area contributed by atoms with Gasteiger partial charge in [-0.05, 0) is 18.2 Å². The van der Waals surface area contributed by atoms with E-state index in [1.54, 1.807) is 30.3 Å². The van der Waals surface area contributed by atoms with E-state index in [4.69, 9.17) is 29.6 Å². The van der Waals surface area contributed by atoms with Crippen LogP contribution in [0, 0.1) is 0 Å². The molecule has 2 aromatic rings. The summed E-state index contributed by atoms with van der Waals surface area (Å²) in [5.41, 5.74) is 6.71. The zero-order valence-corrected chi connectivity index (χ0v) is 10.2. The fraction of sp³-hybridized carbons (Fsp3) is 0. The average Bonchev–Trinajstić information content (AvgIpc) is 2.30. The van der Waals surface area contributed by atoms with Gasteiger partial charge < -0.3 is 5.73 Å². The molecule has 0 bridgehead atoms. The van der Waals surface area contributed by atoms with Crippen LogP contribution in [-0.4, -0.2) is 15.2 Å². The van der Waals surface area contributed by atoms with Crippen LogP contribution < -0.4 is 11.3 Å². The van der Waals surface area contributed by atoms with Gasteiger partial charge in [-0.25, -0.2) is 5.10 Å². The van der Waals surface area contributed by atoms with Crippen molar-refractivity contribution < 1.29 is 0 Å². The zero-order chi connectivity index (χ0) is 12.4. The van der Waals surface area contributed by atoms with E-state index in [9.17, 15) is 4.79 Å². The Bertz CT molecular complexity index is 621. The van der Waals surface area contributed by atoms with Gasteiger partial charge in [-0.3, -0.25) is 4.79 Å². The van der Waals surface area contributed by atoms with Gasteiger partial charge in [0.1, 0.15) is 4.99 Å². The normalized spacial score (nSPS) is 10.2. The third kappa shape index (κ3) is 2.51. The smallest absolute Gasteiger partial charge is 0.274 e. The Labute approximate surface area is 107 Å². The molecule has 0 aliphatic heterocycles. The lowest BCUT2D eigenvalue weighted by atomic mass is 10.1. The number of nitrogens with two attached hydrogens (primary N) is 1. The van der Waals surface area contributed by atoms with E-state index in [2.05, 4.69) is 10.2 Å². The van der Waals surface area contributed by atoms with Crippen LogP contribution in [0.4, 0.5) is 0 Å². The molecule has 0 unspecified atom stereocenters. The number of thiocarbonyl (C=S) groups is 1. The molecule has 4 nitrogen and oxygen atoms in total. The highest BCUT2D eigenvalue weighted by Gasteiger charge is 2.07. The van der Waals surface area contributed by atoms with Gasteiger partial charge in [0, 0.05) is 10.6 Å². The summed E-state index contributed by atoms with van der Waals surface area (Å²) in [6.45, 7) is 0. The summed E-state index contributed by atoms with van der Waals surface area (Å²) < 4.78 is 0. The number of halogens is 1. The molecule has 0 aliphatic rings. The maximum absolute atomic E-state index is 11.4. The Hall–Kier alpha value is -1.72. The third-order valence-corrected chi connectivity index (χ3v) is 2.68. The highest BCUT2D eigenvalue weighted by Crippen LogP contribution is 2.18. The molecule has 6 heteroatoms. The molecule has 0 amide bonds. The van der Waals surface area contributed by atoms with Crippen molar-refractivity contribution >= 4 is 28.8 Å². The van der Waals surface area contributed by atoms with Gasteiger partial charge in [-0.2, -0.15) is 5.10 Å². The fourth-order valence-corrected chi connectivity index (χ4v) is 1.63. The second-order valence-electron chi connectivity index (χ2n) is 3.37. The summed E-state index contributed by atoms with van der Waals surface area (Å²) in [5.74, 6) is 0. The molecule has 1 aromatic heterocycles. The van der Waals surface area contributed by atoms with Crippen molar-refractivity contribution in [2.75, 3.05) is 0 Å². The van der Waals surface area contributed by atoms with Crippen LogP contribution in [0.1, 0.15) is 5.56 Å². The van der Waals surface area contributed by atoms with Gasteiger partial charge in [0.25, 0.3) is 5.56 Å². The van der Waals surface area contributed by atoms with Crippen LogP contribution in [0.15, 0.2) is 35.1 Å². The molecule has 0 saturated carbocycles. The largest absolute Gasteiger partial charge is 0.389 e. The Balaban J connectivity index is 2.53. The maximum Gasteiger partial charge on any atom is 0.274 e. The monoisotopic (exact) mass is 265 g/mol. The molecule has 0 spiro atoms. The lowest BCUT2D eigenvalue weighted by Gasteiger charge is -2.02. The molecule has 3 N–H and O–H groups in total. The number of hydrogen-bond acceptors (Lipinski definition) is 3. The van der Waals surface area contributed by atoms with Crippen LogP contribution in [0.5, 0.6) is 0 Å². The first-order valence-corrected chi connectivity index (χ1v) is 5.52. The highest BCUT2D eigenvalue weighted by molar-refractivity contribution is 7.80. The minimum Gasteiger partial charge on any atom is -0.389 e. The molecule has 0 saturated heterocycles. The Morgan fingerprint density at radius 3 is 2.59 bits per heavy atom. The van der Waals surface area contributed by atoms with E-state index in [0.29, 0.717) is 10.7 Å². The van der Waals surface area contributed by atoms with Gasteiger partial charge in [-0.15, -0.1) is 0 Å². The van der Waals surface area contributed by atoms with Gasteiger partial charge >= 0.3 is 0 Å². The fourth-order valence-electron chi connectivity index (χ4n) is 1.36. The summed E-state index contributed by atoms with van der Waals surface area (Å²) in [7, 11) is 0. The minimum absolute atomic E-state index is 0.0452. The molecule has 1 aromatic carbocycles. The number of benzene rings is 1. The van der Waals surface area contributed by atoms with Gasteiger partial charge in [0.2, 0.25) is 0 Å². The Morgan fingerprint density at radius 1 is 1.35 bits per heavy atom.